The van der Waals surface area contributed by atoms with Crippen molar-refractivity contribution < 1.29 is 15.4 Å². The first-order valence-electron chi connectivity index (χ1n) is 19.9. The highest BCUT2D eigenvalue weighted by molar-refractivity contribution is 6.23. The maximum absolute atomic E-state index is 8.85. The fraction of sp³-hybridized carbons (Fsp3) is 0. The van der Waals surface area contributed by atoms with E-state index in [-0.39, 0.29) is 50.6 Å². The first kappa shape index (κ1) is 20.6. The first-order chi connectivity index (χ1) is 27.7. The van der Waals surface area contributed by atoms with Crippen molar-refractivity contribution in [2.45, 2.75) is 0 Å². The van der Waals surface area contributed by atoms with E-state index in [9.17, 15) is 0 Å². The topological polar surface area (TPSA) is 34.2 Å². The molecule has 4 heteroatoms. The van der Waals surface area contributed by atoms with Crippen LogP contribution in [0, 0.1) is 0 Å². The van der Waals surface area contributed by atoms with Gasteiger partial charge in [0.05, 0.1) is 27.7 Å². The molecule has 0 saturated heterocycles. The minimum Gasteiger partial charge on any atom is -0.435 e. The Labute approximate surface area is 294 Å². The number of hydrogen-bond donors (Lipinski definition) is 0. The summed E-state index contributed by atoms with van der Waals surface area (Å²) in [5.41, 5.74) is 6.54. The zero-order valence-electron chi connectivity index (χ0n) is 33.9. The van der Waals surface area contributed by atoms with Crippen molar-refractivity contribution in [1.82, 2.24) is 9.55 Å². The van der Waals surface area contributed by atoms with Gasteiger partial charge in [0.2, 0.25) is 5.89 Å². The number of aromatic nitrogens is 2. The Kier molecular flexibility index (Phi) is 4.60. The third-order valence-corrected chi connectivity index (χ3v) is 9.03. The van der Waals surface area contributed by atoms with Crippen LogP contribution in [0.2, 0.25) is 0 Å². The zero-order valence-corrected chi connectivity index (χ0v) is 25.9. The van der Waals surface area contributed by atoms with Crippen LogP contribution in [0.25, 0.3) is 71.6 Å². The van der Waals surface area contributed by atoms with E-state index in [0.717, 1.165) is 44.6 Å². The van der Waals surface area contributed by atoms with Gasteiger partial charge in [-0.2, -0.15) is 0 Å². The Morgan fingerprint density at radius 3 is 1.92 bits per heavy atom. The molecule has 230 valence electrons. The predicted octanol–water partition coefficient (Wildman–Crippen LogP) is 12.4. The Balaban J connectivity index is 1.20. The third-order valence-electron chi connectivity index (χ3n) is 9.03. The second-order valence-corrected chi connectivity index (χ2v) is 11.8. The number of hydrogen-bond acceptors (Lipinski definition) is 3. The summed E-state index contributed by atoms with van der Waals surface area (Å²) in [4.78, 5) is 6.97. The quantitative estimate of drug-likeness (QED) is 0.177. The average molecular weight is 636 g/mol. The van der Waals surface area contributed by atoms with Crippen LogP contribution in [-0.2, 0) is 0 Å². The van der Waals surface area contributed by atoms with Gasteiger partial charge in [-0.05, 0) is 71.4 Å². The molecule has 0 spiro atoms. The summed E-state index contributed by atoms with van der Waals surface area (Å²) in [5, 5.41) is 2.18. The minimum atomic E-state index is -0.515. The van der Waals surface area contributed by atoms with Crippen LogP contribution < -0.4 is 4.90 Å². The molecule has 0 N–H and O–H groups in total. The van der Waals surface area contributed by atoms with E-state index in [2.05, 4.69) is 76.2 Å². The van der Waals surface area contributed by atoms with Crippen LogP contribution in [0.4, 0.5) is 17.1 Å². The molecule has 2 heterocycles. The van der Waals surface area contributed by atoms with Gasteiger partial charge in [0.25, 0.3) is 0 Å². The van der Waals surface area contributed by atoms with E-state index < -0.39 is 36.3 Å². The minimum absolute atomic E-state index is 0.000975. The van der Waals surface area contributed by atoms with Crippen LogP contribution in [0.5, 0.6) is 0 Å². The van der Waals surface area contributed by atoms with E-state index in [1.54, 1.807) is 0 Å². The van der Waals surface area contributed by atoms with Gasteiger partial charge in [-0.25, -0.2) is 4.98 Å². The summed E-state index contributed by atoms with van der Waals surface area (Å²) < 4.78 is 77.5. The van der Waals surface area contributed by atoms with Crippen molar-refractivity contribution in [1.29, 1.82) is 0 Å². The monoisotopic (exact) mass is 635 g/mol. The number of rotatable bonds is 5. The number of oxazole rings is 1. The Morgan fingerprint density at radius 2 is 1.14 bits per heavy atom. The van der Waals surface area contributed by atoms with E-state index in [1.165, 1.54) is 0 Å². The zero-order chi connectivity index (χ0) is 39.3. The number of nitrogens with zero attached hydrogens (tertiary/aromatic N) is 3. The van der Waals surface area contributed by atoms with E-state index >= 15 is 0 Å². The van der Waals surface area contributed by atoms with Crippen molar-refractivity contribution >= 4 is 71.5 Å². The fourth-order valence-corrected chi connectivity index (χ4v) is 6.91. The molecule has 0 aliphatic heterocycles. The fourth-order valence-electron chi connectivity index (χ4n) is 6.91. The molecule has 0 saturated carbocycles. The Hall–Kier alpha value is -6.65. The molecule has 0 unspecified atom stereocenters. The molecule has 10 rings (SSSR count). The highest BCUT2D eigenvalue weighted by Crippen LogP contribution is 2.44. The predicted molar refractivity (Wildman–Crippen MR) is 203 cm³/mol. The van der Waals surface area contributed by atoms with Crippen LogP contribution in [-0.4, -0.2) is 9.55 Å². The van der Waals surface area contributed by atoms with Gasteiger partial charge in [0.1, 0.15) is 5.52 Å². The molecule has 0 amide bonds. The van der Waals surface area contributed by atoms with Crippen molar-refractivity contribution in [3.8, 4) is 17.1 Å². The molecule has 2 aromatic heterocycles. The Bertz CT molecular complexity index is 3180. The largest absolute Gasteiger partial charge is 0.435 e. The standard InChI is InChI=1S/C45H29N3O/c1-3-14-31(15-4-1)47(41-25-13-23-38-36-20-11-12-24-40(36)48(43(38)41)32-16-5-2-6-17-32)33-28-26-30(27-29-33)45-46-42-37-21-9-7-18-34(37)35-19-8-10-22-39(35)44(42)49-45/h1-29H/i7D,8D,9D,10D,18D,19D,21D,22D. The highest BCUT2D eigenvalue weighted by atomic mass is 16.3. The molecule has 0 aliphatic rings. The van der Waals surface area contributed by atoms with Crippen molar-refractivity contribution in [3.63, 3.8) is 0 Å². The lowest BCUT2D eigenvalue weighted by atomic mass is 10.0. The van der Waals surface area contributed by atoms with Gasteiger partial charge in [-0.1, -0.05) is 115 Å². The van der Waals surface area contributed by atoms with E-state index in [1.807, 2.05) is 60.7 Å². The molecule has 49 heavy (non-hydrogen) atoms. The van der Waals surface area contributed by atoms with E-state index in [4.69, 9.17) is 20.4 Å². The van der Waals surface area contributed by atoms with Crippen LogP contribution in [0.1, 0.15) is 11.0 Å². The number of para-hydroxylation sites is 4. The summed E-state index contributed by atoms with van der Waals surface area (Å²) in [6, 6.07) is 39.1. The number of benzene rings is 8. The molecular formula is C45H29N3O. The molecular weight excluding hydrogens is 599 g/mol. The van der Waals surface area contributed by atoms with Crippen molar-refractivity contribution in [3.05, 3.63) is 176 Å². The lowest BCUT2D eigenvalue weighted by molar-refractivity contribution is 0.623. The van der Waals surface area contributed by atoms with Crippen LogP contribution >= 0.6 is 0 Å². The molecule has 10 aromatic rings. The summed E-state index contributed by atoms with van der Waals surface area (Å²) in [7, 11) is 0. The highest BCUT2D eigenvalue weighted by Gasteiger charge is 2.22. The number of anilines is 3. The summed E-state index contributed by atoms with van der Waals surface area (Å²) in [6.07, 6.45) is 0. The van der Waals surface area contributed by atoms with Gasteiger partial charge < -0.3 is 13.9 Å². The van der Waals surface area contributed by atoms with E-state index in [0.29, 0.717) is 5.56 Å². The third kappa shape index (κ3) is 4.28. The maximum Gasteiger partial charge on any atom is 0.227 e. The normalized spacial score (nSPS) is 14.0. The summed E-state index contributed by atoms with van der Waals surface area (Å²) in [5.74, 6) is 0.128. The molecule has 0 aliphatic carbocycles. The smallest absolute Gasteiger partial charge is 0.227 e. The molecule has 0 fully saturated rings. The molecule has 0 bridgehead atoms. The SMILES string of the molecule is [2H]c1c([2H])c([2H])c2c(c1[2H])c1nc(-c3ccc(N(c4ccccc4)c4cccc5c6ccccc6n(-c6ccccc6)c45)cc3)oc1c1c([2H])c([2H])c([2H])c([2H])c12. The van der Waals surface area contributed by atoms with Crippen molar-refractivity contribution in [2.24, 2.45) is 0 Å². The molecule has 0 atom stereocenters. The second kappa shape index (κ2) is 11.0. The van der Waals surface area contributed by atoms with Gasteiger partial charge >= 0.3 is 0 Å². The van der Waals surface area contributed by atoms with Gasteiger partial charge in [-0.3, -0.25) is 0 Å². The second-order valence-electron chi connectivity index (χ2n) is 11.8. The van der Waals surface area contributed by atoms with Crippen molar-refractivity contribution in [2.75, 3.05) is 4.90 Å². The maximum atomic E-state index is 8.85. The Morgan fingerprint density at radius 1 is 0.531 bits per heavy atom. The first-order valence-corrected chi connectivity index (χ1v) is 15.9. The summed E-state index contributed by atoms with van der Waals surface area (Å²) in [6.45, 7) is 0. The lowest BCUT2D eigenvalue weighted by Gasteiger charge is -2.27. The average Bonchev–Trinajstić information content (AvgIpc) is 3.84. The van der Waals surface area contributed by atoms with Gasteiger partial charge in [-0.15, -0.1) is 0 Å². The lowest BCUT2D eigenvalue weighted by Crippen LogP contribution is -2.11. The summed E-state index contributed by atoms with van der Waals surface area (Å²) >= 11 is 0. The van der Waals surface area contributed by atoms with Crippen LogP contribution in [0.3, 0.4) is 0 Å². The van der Waals surface area contributed by atoms with Gasteiger partial charge in [0.15, 0.2) is 5.58 Å². The van der Waals surface area contributed by atoms with Gasteiger partial charge in [0, 0.05) is 44.2 Å². The van der Waals surface area contributed by atoms with Crippen LogP contribution in [0.15, 0.2) is 180 Å². The number of fused-ring (bicyclic) bond motifs is 9. The molecule has 4 nitrogen and oxygen atoms in total. The molecule has 0 radical (unpaired) electrons. The molecule has 8 aromatic carbocycles.